The van der Waals surface area contributed by atoms with E-state index in [2.05, 4.69) is 64.4 Å². The zero-order chi connectivity index (χ0) is 23.0. The van der Waals surface area contributed by atoms with Gasteiger partial charge in [0.1, 0.15) is 0 Å². The van der Waals surface area contributed by atoms with Crippen molar-refractivity contribution in [1.29, 1.82) is 0 Å². The first kappa shape index (κ1) is 23.2. The molecule has 2 heterocycles. The molecule has 1 aliphatic heterocycles. The lowest BCUT2D eigenvalue weighted by Crippen LogP contribution is -2.48. The molecule has 0 radical (unpaired) electrons. The van der Waals surface area contributed by atoms with Gasteiger partial charge in [-0.3, -0.25) is 14.6 Å². The minimum Gasteiger partial charge on any atom is -0.349 e. The van der Waals surface area contributed by atoms with Crippen LogP contribution in [0.2, 0.25) is 0 Å². The summed E-state index contributed by atoms with van der Waals surface area (Å²) < 4.78 is 1.90. The highest BCUT2D eigenvalue weighted by Gasteiger charge is 2.19. The minimum absolute atomic E-state index is 0.0996. The maximum absolute atomic E-state index is 12.8. The van der Waals surface area contributed by atoms with Crippen molar-refractivity contribution < 1.29 is 4.79 Å². The second-order valence-corrected chi connectivity index (χ2v) is 9.23. The number of para-hydroxylation sites is 1. The highest BCUT2D eigenvalue weighted by molar-refractivity contribution is 5.92. The first-order chi connectivity index (χ1) is 16.1. The summed E-state index contributed by atoms with van der Waals surface area (Å²) in [5.74, 6) is 0.387. The highest BCUT2D eigenvalue weighted by Crippen LogP contribution is 2.16. The van der Waals surface area contributed by atoms with Crippen LogP contribution in [0.3, 0.4) is 0 Å². The monoisotopic (exact) mass is 445 g/mol. The Morgan fingerprint density at radius 1 is 0.939 bits per heavy atom. The summed E-state index contributed by atoms with van der Waals surface area (Å²) in [6, 6.07) is 22.6. The summed E-state index contributed by atoms with van der Waals surface area (Å²) in [7, 11) is 0. The fraction of sp³-hybridized carbons (Fsp3) is 0.407. The van der Waals surface area contributed by atoms with Gasteiger partial charge in [-0.25, -0.2) is 4.68 Å². The van der Waals surface area contributed by atoms with Crippen LogP contribution in [0.15, 0.2) is 66.7 Å². The molecule has 4 rings (SSSR count). The van der Waals surface area contributed by atoms with Gasteiger partial charge in [0, 0.05) is 51.5 Å². The van der Waals surface area contributed by atoms with Crippen LogP contribution < -0.4 is 5.32 Å². The van der Waals surface area contributed by atoms with Crippen LogP contribution in [0, 0.1) is 5.92 Å². The molecule has 6 nitrogen and oxygen atoms in total. The number of rotatable bonds is 9. The van der Waals surface area contributed by atoms with Crippen LogP contribution in [0.25, 0.3) is 5.69 Å². The lowest BCUT2D eigenvalue weighted by Gasteiger charge is -2.34. The Bertz CT molecular complexity index is 1010. The summed E-state index contributed by atoms with van der Waals surface area (Å²) in [5, 5.41) is 7.71. The van der Waals surface area contributed by atoms with Crippen molar-refractivity contribution >= 4 is 5.91 Å². The van der Waals surface area contributed by atoms with Crippen molar-refractivity contribution in [3.63, 3.8) is 0 Å². The summed E-state index contributed by atoms with van der Waals surface area (Å²) in [6.07, 6.45) is 0.877. The number of nitrogens with zero attached hydrogens (tertiary/aromatic N) is 4. The molecule has 6 heteroatoms. The fourth-order valence-corrected chi connectivity index (χ4v) is 4.32. The van der Waals surface area contributed by atoms with Gasteiger partial charge in [-0.15, -0.1) is 0 Å². The molecule has 3 aromatic rings. The smallest absolute Gasteiger partial charge is 0.271 e. The predicted octanol–water partition coefficient (Wildman–Crippen LogP) is 3.62. The van der Waals surface area contributed by atoms with E-state index in [1.54, 1.807) is 0 Å². The number of carbonyl (C=O) groups is 1. The van der Waals surface area contributed by atoms with Gasteiger partial charge in [0.15, 0.2) is 5.69 Å². The first-order valence-corrected chi connectivity index (χ1v) is 12.0. The number of benzene rings is 2. The van der Waals surface area contributed by atoms with E-state index in [9.17, 15) is 4.79 Å². The molecule has 0 atom stereocenters. The van der Waals surface area contributed by atoms with E-state index in [4.69, 9.17) is 0 Å². The average molecular weight is 446 g/mol. The number of carbonyl (C=O) groups excluding carboxylic acids is 1. The molecule has 0 spiro atoms. The van der Waals surface area contributed by atoms with E-state index in [1.807, 2.05) is 41.1 Å². The standard InChI is InChI=1S/C27H35N5O/c1-22(2)19-25-20-26(29-32(25)24-11-7-4-8-12-24)27(33)28-13-14-30-15-17-31(18-16-30)21-23-9-5-3-6-10-23/h3-12,20,22H,13-19,21H2,1-2H3,(H,28,33). The number of hydrogen-bond donors (Lipinski definition) is 1. The largest absolute Gasteiger partial charge is 0.349 e. The quantitative estimate of drug-likeness (QED) is 0.547. The van der Waals surface area contributed by atoms with Gasteiger partial charge in [0.25, 0.3) is 5.91 Å². The van der Waals surface area contributed by atoms with Crippen molar-refractivity contribution in [3.05, 3.63) is 83.7 Å². The number of amides is 1. The summed E-state index contributed by atoms with van der Waals surface area (Å²) >= 11 is 0. The molecule has 174 valence electrons. The third kappa shape index (κ3) is 6.53. The van der Waals surface area contributed by atoms with Gasteiger partial charge in [-0.2, -0.15) is 5.10 Å². The first-order valence-electron chi connectivity index (χ1n) is 12.0. The predicted molar refractivity (Wildman–Crippen MR) is 133 cm³/mol. The Morgan fingerprint density at radius 2 is 1.58 bits per heavy atom. The van der Waals surface area contributed by atoms with Gasteiger partial charge in [-0.1, -0.05) is 62.4 Å². The maximum atomic E-state index is 12.8. The molecular formula is C27H35N5O. The van der Waals surface area contributed by atoms with Crippen molar-refractivity contribution in [2.45, 2.75) is 26.8 Å². The summed E-state index contributed by atoms with van der Waals surface area (Å²) in [5.41, 5.74) is 3.91. The molecule has 1 saturated heterocycles. The van der Waals surface area contributed by atoms with Crippen LogP contribution in [-0.4, -0.2) is 64.8 Å². The molecule has 2 aromatic carbocycles. The number of aromatic nitrogens is 2. The second kappa shape index (κ2) is 11.3. The zero-order valence-electron chi connectivity index (χ0n) is 19.8. The molecule has 0 aliphatic carbocycles. The van der Waals surface area contributed by atoms with Crippen LogP contribution in [-0.2, 0) is 13.0 Å². The van der Waals surface area contributed by atoms with Crippen LogP contribution in [0.1, 0.15) is 35.6 Å². The Labute approximate surface area is 197 Å². The molecule has 1 aromatic heterocycles. The van der Waals surface area contributed by atoms with E-state index in [1.165, 1.54) is 5.56 Å². The molecule has 0 unspecified atom stereocenters. The van der Waals surface area contributed by atoms with Crippen molar-refractivity contribution in [1.82, 2.24) is 24.9 Å². The normalized spacial score (nSPS) is 15.1. The molecule has 1 fully saturated rings. The number of hydrogen-bond acceptors (Lipinski definition) is 4. The average Bonchev–Trinajstić information content (AvgIpc) is 3.24. The number of piperazine rings is 1. The lowest BCUT2D eigenvalue weighted by atomic mass is 10.1. The van der Waals surface area contributed by atoms with E-state index in [0.717, 1.165) is 57.1 Å². The van der Waals surface area contributed by atoms with Gasteiger partial charge < -0.3 is 5.32 Å². The Morgan fingerprint density at radius 3 is 2.24 bits per heavy atom. The lowest BCUT2D eigenvalue weighted by molar-refractivity contribution is 0.0929. The fourth-order valence-electron chi connectivity index (χ4n) is 4.32. The summed E-state index contributed by atoms with van der Waals surface area (Å²) in [4.78, 5) is 17.7. The third-order valence-electron chi connectivity index (χ3n) is 6.06. The van der Waals surface area contributed by atoms with E-state index in [0.29, 0.717) is 18.2 Å². The van der Waals surface area contributed by atoms with Gasteiger partial charge >= 0.3 is 0 Å². The van der Waals surface area contributed by atoms with Gasteiger partial charge in [0.2, 0.25) is 0 Å². The maximum Gasteiger partial charge on any atom is 0.271 e. The van der Waals surface area contributed by atoms with E-state index in [-0.39, 0.29) is 5.91 Å². The van der Waals surface area contributed by atoms with Crippen LogP contribution >= 0.6 is 0 Å². The second-order valence-electron chi connectivity index (χ2n) is 9.23. The van der Waals surface area contributed by atoms with E-state index < -0.39 is 0 Å². The van der Waals surface area contributed by atoms with Crippen LogP contribution in [0.4, 0.5) is 0 Å². The molecule has 0 bridgehead atoms. The summed E-state index contributed by atoms with van der Waals surface area (Å²) in [6.45, 7) is 11.1. The van der Waals surface area contributed by atoms with Crippen molar-refractivity contribution in [3.8, 4) is 5.69 Å². The molecule has 1 amide bonds. The third-order valence-corrected chi connectivity index (χ3v) is 6.06. The topological polar surface area (TPSA) is 53.4 Å². The Hall–Kier alpha value is -2.96. The molecule has 0 saturated carbocycles. The van der Waals surface area contributed by atoms with Crippen molar-refractivity contribution in [2.75, 3.05) is 39.3 Å². The van der Waals surface area contributed by atoms with Gasteiger partial charge in [0.05, 0.1) is 5.69 Å². The van der Waals surface area contributed by atoms with E-state index >= 15 is 0 Å². The van der Waals surface area contributed by atoms with Crippen LogP contribution in [0.5, 0.6) is 0 Å². The molecule has 1 aliphatic rings. The van der Waals surface area contributed by atoms with Crippen molar-refractivity contribution in [2.24, 2.45) is 5.92 Å². The Kier molecular flexibility index (Phi) is 7.92. The zero-order valence-corrected chi connectivity index (χ0v) is 19.8. The molecule has 33 heavy (non-hydrogen) atoms. The molecular weight excluding hydrogens is 410 g/mol. The SMILES string of the molecule is CC(C)Cc1cc(C(=O)NCCN2CCN(Cc3ccccc3)CC2)nn1-c1ccccc1. The highest BCUT2D eigenvalue weighted by atomic mass is 16.1. The molecule has 1 N–H and O–H groups in total. The minimum atomic E-state index is -0.0996. The number of nitrogens with one attached hydrogen (secondary N) is 1. The Balaban J connectivity index is 1.27. The van der Waals surface area contributed by atoms with Gasteiger partial charge in [-0.05, 0) is 36.1 Å².